The number of aromatic hydroxyl groups is 1. The number of hydrogen-bond acceptors (Lipinski definition) is 6. The lowest BCUT2D eigenvalue weighted by Gasteiger charge is -2.10. The summed E-state index contributed by atoms with van der Waals surface area (Å²) < 4.78 is 10.2. The normalized spacial score (nSPS) is 20.1. The second-order valence-corrected chi connectivity index (χ2v) is 4.37. The summed E-state index contributed by atoms with van der Waals surface area (Å²) in [7, 11) is 2.93. The van der Waals surface area contributed by atoms with E-state index in [0.717, 1.165) is 5.56 Å². The molecular weight excluding hydrogens is 260 g/mol. The minimum atomic E-state index is -0.731. The highest BCUT2D eigenvalue weighted by atomic mass is 16.5. The van der Waals surface area contributed by atoms with Gasteiger partial charge >= 0.3 is 5.97 Å². The van der Waals surface area contributed by atoms with E-state index in [1.54, 1.807) is 36.2 Å². The molecule has 1 atom stereocenters. The molecule has 104 valence electrons. The van der Waals surface area contributed by atoms with Gasteiger partial charge in [-0.05, 0) is 17.7 Å². The number of nitrogens with zero attached hydrogens (tertiary/aromatic N) is 2. The van der Waals surface area contributed by atoms with Gasteiger partial charge in [0.15, 0.2) is 5.57 Å². The highest BCUT2D eigenvalue weighted by Crippen LogP contribution is 2.33. The first kappa shape index (κ1) is 13.7. The molecule has 20 heavy (non-hydrogen) atoms. The molecule has 6 heteroatoms. The predicted molar refractivity (Wildman–Crippen MR) is 69.2 cm³/mol. The number of ether oxygens (including phenoxy) is 2. The van der Waals surface area contributed by atoms with Crippen molar-refractivity contribution in [2.75, 3.05) is 20.7 Å². The van der Waals surface area contributed by atoms with Crippen molar-refractivity contribution in [2.45, 2.75) is 6.10 Å². The number of rotatable bonds is 2. The molecule has 2 rings (SSSR count). The van der Waals surface area contributed by atoms with E-state index in [0.29, 0.717) is 6.54 Å². The second kappa shape index (κ2) is 5.53. The summed E-state index contributed by atoms with van der Waals surface area (Å²) in [5.74, 6) is -0.404. The van der Waals surface area contributed by atoms with E-state index in [9.17, 15) is 9.90 Å². The third-order valence-corrected chi connectivity index (χ3v) is 3.00. The Hall–Kier alpha value is -2.68. The Morgan fingerprint density at radius 3 is 2.95 bits per heavy atom. The van der Waals surface area contributed by atoms with E-state index in [-0.39, 0.29) is 23.3 Å². The summed E-state index contributed by atoms with van der Waals surface area (Å²) in [4.78, 5) is 13.2. The largest absolute Gasteiger partial charge is 0.508 e. The maximum atomic E-state index is 11.5. The van der Waals surface area contributed by atoms with Crippen molar-refractivity contribution < 1.29 is 19.4 Å². The molecule has 0 aromatic heterocycles. The van der Waals surface area contributed by atoms with Crippen LogP contribution in [0.15, 0.2) is 35.7 Å². The van der Waals surface area contributed by atoms with Crippen molar-refractivity contribution in [3.8, 4) is 11.8 Å². The van der Waals surface area contributed by atoms with E-state index in [1.807, 2.05) is 6.07 Å². The molecule has 0 saturated carbocycles. The predicted octanol–water partition coefficient (Wildman–Crippen LogP) is 1.30. The number of likely N-dealkylation sites (N-methyl/N-ethyl adjacent to an activating group) is 1. The standard InChI is InChI=1S/C14H14N2O4/c1-16-8-12(9-4-3-5-10(17)6-9)20-13(16)11(7-15)14(18)19-2/h3-6,12,17H,8H2,1-2H3/b13-11+. The quantitative estimate of drug-likeness (QED) is 0.497. The van der Waals surface area contributed by atoms with Crippen LogP contribution in [0.1, 0.15) is 11.7 Å². The van der Waals surface area contributed by atoms with Gasteiger partial charge in [-0.1, -0.05) is 12.1 Å². The Morgan fingerprint density at radius 2 is 2.35 bits per heavy atom. The van der Waals surface area contributed by atoms with Crippen LogP contribution in [0.4, 0.5) is 0 Å². The molecule has 0 aliphatic carbocycles. The van der Waals surface area contributed by atoms with Gasteiger partial charge in [-0.25, -0.2) is 4.79 Å². The number of phenolic OH excluding ortho intramolecular Hbond substituents is 1. The van der Waals surface area contributed by atoms with E-state index < -0.39 is 5.97 Å². The minimum absolute atomic E-state index is 0.139. The van der Waals surface area contributed by atoms with Crippen molar-refractivity contribution >= 4 is 5.97 Å². The zero-order valence-electron chi connectivity index (χ0n) is 11.2. The first-order valence-electron chi connectivity index (χ1n) is 5.96. The average molecular weight is 274 g/mol. The molecule has 0 radical (unpaired) electrons. The van der Waals surface area contributed by atoms with Crippen LogP contribution in [0.5, 0.6) is 5.75 Å². The molecule has 1 saturated heterocycles. The van der Waals surface area contributed by atoms with Crippen LogP contribution >= 0.6 is 0 Å². The van der Waals surface area contributed by atoms with Crippen LogP contribution in [0, 0.1) is 11.3 Å². The van der Waals surface area contributed by atoms with E-state index in [4.69, 9.17) is 10.00 Å². The summed E-state index contributed by atoms with van der Waals surface area (Å²) >= 11 is 0. The second-order valence-electron chi connectivity index (χ2n) is 4.37. The zero-order valence-corrected chi connectivity index (χ0v) is 11.2. The molecule has 1 aromatic rings. The number of carbonyl (C=O) groups is 1. The smallest absolute Gasteiger partial charge is 0.354 e. The maximum absolute atomic E-state index is 11.5. The third-order valence-electron chi connectivity index (χ3n) is 3.00. The van der Waals surface area contributed by atoms with Crippen LogP contribution < -0.4 is 0 Å². The lowest BCUT2D eigenvalue weighted by molar-refractivity contribution is -0.136. The van der Waals surface area contributed by atoms with E-state index >= 15 is 0 Å². The van der Waals surface area contributed by atoms with Gasteiger partial charge < -0.3 is 19.5 Å². The molecule has 0 bridgehead atoms. The average Bonchev–Trinajstić information content (AvgIpc) is 2.82. The van der Waals surface area contributed by atoms with Crippen LogP contribution in [0.3, 0.4) is 0 Å². The van der Waals surface area contributed by atoms with Gasteiger partial charge in [0.2, 0.25) is 5.88 Å². The van der Waals surface area contributed by atoms with Gasteiger partial charge in [-0.15, -0.1) is 0 Å². The lowest BCUT2D eigenvalue weighted by Crippen LogP contribution is -2.17. The zero-order chi connectivity index (χ0) is 14.7. The molecule has 1 unspecified atom stereocenters. The van der Waals surface area contributed by atoms with E-state index in [2.05, 4.69) is 4.74 Å². The number of hydrogen-bond donors (Lipinski definition) is 1. The molecule has 1 N–H and O–H groups in total. The molecular formula is C14H14N2O4. The monoisotopic (exact) mass is 274 g/mol. The molecule has 1 aliphatic rings. The molecule has 1 heterocycles. The third kappa shape index (κ3) is 2.52. The van der Waals surface area contributed by atoms with Gasteiger partial charge in [-0.3, -0.25) is 0 Å². The summed E-state index contributed by atoms with van der Waals surface area (Å²) in [6, 6.07) is 8.47. The summed E-state index contributed by atoms with van der Waals surface area (Å²) in [5.41, 5.74) is 0.603. The van der Waals surface area contributed by atoms with Gasteiger partial charge in [0.1, 0.15) is 17.9 Å². The summed E-state index contributed by atoms with van der Waals surface area (Å²) in [5, 5.41) is 18.5. The SMILES string of the molecule is COC(=O)/C(C#N)=C1/OC(c2cccc(O)c2)CN1C. The number of methoxy groups -OCH3 is 1. The number of esters is 1. The number of phenols is 1. The minimum Gasteiger partial charge on any atom is -0.508 e. The van der Waals surface area contributed by atoms with Crippen molar-refractivity contribution in [3.63, 3.8) is 0 Å². The fourth-order valence-electron chi connectivity index (χ4n) is 2.02. The highest BCUT2D eigenvalue weighted by molar-refractivity contribution is 5.93. The van der Waals surface area contributed by atoms with Crippen molar-refractivity contribution in [3.05, 3.63) is 41.3 Å². The van der Waals surface area contributed by atoms with Crippen molar-refractivity contribution in [1.82, 2.24) is 4.90 Å². The van der Waals surface area contributed by atoms with Gasteiger partial charge in [0, 0.05) is 7.05 Å². The molecule has 0 amide bonds. The summed E-state index contributed by atoms with van der Waals surface area (Å²) in [6.07, 6.45) is -0.352. The maximum Gasteiger partial charge on any atom is 0.354 e. The Labute approximate surface area is 116 Å². The highest BCUT2D eigenvalue weighted by Gasteiger charge is 2.32. The van der Waals surface area contributed by atoms with Gasteiger partial charge in [-0.2, -0.15) is 5.26 Å². The van der Waals surface area contributed by atoms with Crippen LogP contribution in [-0.2, 0) is 14.3 Å². The lowest BCUT2D eigenvalue weighted by atomic mass is 10.1. The number of nitriles is 1. The van der Waals surface area contributed by atoms with Crippen LogP contribution in [-0.4, -0.2) is 36.7 Å². The Balaban J connectivity index is 2.31. The molecule has 1 aromatic carbocycles. The Kier molecular flexibility index (Phi) is 3.80. The molecule has 0 spiro atoms. The van der Waals surface area contributed by atoms with Crippen LogP contribution in [0.25, 0.3) is 0 Å². The molecule has 1 aliphatic heterocycles. The topological polar surface area (TPSA) is 82.8 Å². The Morgan fingerprint density at radius 1 is 1.60 bits per heavy atom. The van der Waals surface area contributed by atoms with Crippen LogP contribution in [0.2, 0.25) is 0 Å². The number of carbonyl (C=O) groups excluding carboxylic acids is 1. The van der Waals surface area contributed by atoms with E-state index in [1.165, 1.54) is 7.11 Å². The molecule has 6 nitrogen and oxygen atoms in total. The Bertz CT molecular complexity index is 603. The number of benzene rings is 1. The van der Waals surface area contributed by atoms with Gasteiger partial charge in [0.25, 0.3) is 0 Å². The fourth-order valence-corrected chi connectivity index (χ4v) is 2.02. The van der Waals surface area contributed by atoms with Gasteiger partial charge in [0.05, 0.1) is 13.7 Å². The first-order valence-corrected chi connectivity index (χ1v) is 5.96. The fraction of sp³-hybridized carbons (Fsp3) is 0.286. The van der Waals surface area contributed by atoms with Crippen molar-refractivity contribution in [2.24, 2.45) is 0 Å². The first-order chi connectivity index (χ1) is 9.56. The molecule has 1 fully saturated rings. The summed E-state index contributed by atoms with van der Waals surface area (Å²) in [6.45, 7) is 0.473. The van der Waals surface area contributed by atoms with Crippen molar-refractivity contribution in [1.29, 1.82) is 5.26 Å².